The molecule has 3 aromatic rings. The molecule has 0 radical (unpaired) electrons. The Morgan fingerprint density at radius 2 is 2.05 bits per heavy atom. The van der Waals surface area contributed by atoms with Crippen molar-refractivity contribution in [1.82, 2.24) is 15.3 Å². The van der Waals surface area contributed by atoms with Crippen LogP contribution in [0.2, 0.25) is 5.02 Å². The summed E-state index contributed by atoms with van der Waals surface area (Å²) in [7, 11) is 0. The molecule has 2 aromatic heterocycles. The Labute approximate surface area is 123 Å². The molecule has 0 fully saturated rings. The van der Waals surface area contributed by atoms with E-state index < -0.39 is 0 Å². The van der Waals surface area contributed by atoms with Crippen molar-refractivity contribution in [3.05, 3.63) is 64.6 Å². The number of aromatic nitrogens is 2. The number of hydrogen-bond donors (Lipinski definition) is 2. The molecule has 0 saturated heterocycles. The highest BCUT2D eigenvalue weighted by atomic mass is 35.5. The topological polar surface area (TPSA) is 40.7 Å². The third-order valence-electron chi connectivity index (χ3n) is 3.51. The van der Waals surface area contributed by atoms with Crippen molar-refractivity contribution in [1.29, 1.82) is 0 Å². The lowest BCUT2D eigenvalue weighted by molar-refractivity contribution is 0.691. The molecule has 0 atom stereocenters. The first-order chi connectivity index (χ1) is 9.74. The fraction of sp³-hybridized carbons (Fsp3) is 0.188. The van der Waals surface area contributed by atoms with Crippen LogP contribution in [0.5, 0.6) is 0 Å². The van der Waals surface area contributed by atoms with Crippen LogP contribution >= 0.6 is 11.6 Å². The van der Waals surface area contributed by atoms with Gasteiger partial charge in [-0.15, -0.1) is 0 Å². The molecule has 0 saturated carbocycles. The Morgan fingerprint density at radius 1 is 1.20 bits per heavy atom. The average Bonchev–Trinajstić information content (AvgIpc) is 2.83. The fourth-order valence-electron chi connectivity index (χ4n) is 2.32. The summed E-state index contributed by atoms with van der Waals surface area (Å²) >= 11 is 5.99. The first-order valence-corrected chi connectivity index (χ1v) is 6.97. The van der Waals surface area contributed by atoms with E-state index in [-0.39, 0.29) is 0 Å². The zero-order chi connectivity index (χ0) is 13.9. The summed E-state index contributed by atoms with van der Waals surface area (Å²) in [5.41, 5.74) is 4.82. The first kappa shape index (κ1) is 13.2. The van der Waals surface area contributed by atoms with Crippen LogP contribution in [-0.4, -0.2) is 9.97 Å². The van der Waals surface area contributed by atoms with Gasteiger partial charge in [0.1, 0.15) is 0 Å². The number of fused-ring (bicyclic) bond motifs is 1. The van der Waals surface area contributed by atoms with Gasteiger partial charge in [0.05, 0.1) is 0 Å². The lowest BCUT2D eigenvalue weighted by Crippen LogP contribution is -2.13. The number of rotatable bonds is 4. The number of benzene rings is 1. The van der Waals surface area contributed by atoms with Crippen molar-refractivity contribution in [3.8, 4) is 0 Å². The lowest BCUT2D eigenvalue weighted by Gasteiger charge is -2.06. The maximum absolute atomic E-state index is 5.99. The second-order valence-corrected chi connectivity index (χ2v) is 5.35. The van der Waals surface area contributed by atoms with Crippen LogP contribution < -0.4 is 5.32 Å². The molecule has 0 spiro atoms. The minimum Gasteiger partial charge on any atom is -0.361 e. The van der Waals surface area contributed by atoms with E-state index in [9.17, 15) is 0 Å². The van der Waals surface area contributed by atoms with Crippen LogP contribution in [0, 0.1) is 6.92 Å². The van der Waals surface area contributed by atoms with Crippen LogP contribution in [-0.2, 0) is 13.1 Å². The molecule has 0 aliphatic rings. The van der Waals surface area contributed by atoms with E-state index in [4.69, 9.17) is 11.6 Å². The number of H-pyrrole nitrogens is 1. The zero-order valence-electron chi connectivity index (χ0n) is 11.3. The second-order valence-electron chi connectivity index (χ2n) is 4.91. The minimum absolute atomic E-state index is 0.754. The van der Waals surface area contributed by atoms with E-state index >= 15 is 0 Å². The predicted octanol–water partition coefficient (Wildman–Crippen LogP) is 3.81. The summed E-state index contributed by atoms with van der Waals surface area (Å²) in [6, 6.07) is 7.96. The van der Waals surface area contributed by atoms with Crippen molar-refractivity contribution < 1.29 is 0 Å². The smallest absolute Gasteiger partial charge is 0.0472 e. The van der Waals surface area contributed by atoms with Crippen molar-refractivity contribution in [3.63, 3.8) is 0 Å². The Kier molecular flexibility index (Phi) is 3.72. The number of aromatic amines is 1. The summed E-state index contributed by atoms with van der Waals surface area (Å²) in [4.78, 5) is 7.41. The number of hydrogen-bond acceptors (Lipinski definition) is 2. The molecule has 3 rings (SSSR count). The highest BCUT2D eigenvalue weighted by molar-refractivity contribution is 6.31. The Bertz CT molecular complexity index is 733. The van der Waals surface area contributed by atoms with Gasteiger partial charge >= 0.3 is 0 Å². The van der Waals surface area contributed by atoms with E-state index in [2.05, 4.69) is 28.3 Å². The van der Waals surface area contributed by atoms with Crippen LogP contribution in [0.15, 0.2) is 42.9 Å². The fourth-order valence-corrected chi connectivity index (χ4v) is 2.49. The zero-order valence-corrected chi connectivity index (χ0v) is 12.0. The summed E-state index contributed by atoms with van der Waals surface area (Å²) in [6.45, 7) is 3.74. The molecule has 0 aliphatic carbocycles. The highest BCUT2D eigenvalue weighted by Gasteiger charge is 2.04. The normalized spacial score (nSPS) is 11.1. The van der Waals surface area contributed by atoms with E-state index in [0.29, 0.717) is 0 Å². The largest absolute Gasteiger partial charge is 0.361 e. The highest BCUT2D eigenvalue weighted by Crippen LogP contribution is 2.22. The summed E-state index contributed by atoms with van der Waals surface area (Å²) < 4.78 is 0. The average molecular weight is 286 g/mol. The molecule has 102 valence electrons. The van der Waals surface area contributed by atoms with Gasteiger partial charge in [0.15, 0.2) is 0 Å². The molecular formula is C16H16ClN3. The SMILES string of the molecule is Cc1ccncc1CNCc1c[nH]c2cc(Cl)ccc12. The predicted molar refractivity (Wildman–Crippen MR) is 82.8 cm³/mol. The lowest BCUT2D eigenvalue weighted by atomic mass is 10.1. The monoisotopic (exact) mass is 285 g/mol. The van der Waals surface area contributed by atoms with Gasteiger partial charge in [-0.25, -0.2) is 0 Å². The number of pyridine rings is 1. The molecule has 1 aromatic carbocycles. The molecule has 0 unspecified atom stereocenters. The molecule has 0 aliphatic heterocycles. The molecule has 0 amide bonds. The van der Waals surface area contributed by atoms with Crippen molar-refractivity contribution >= 4 is 22.5 Å². The molecule has 20 heavy (non-hydrogen) atoms. The third-order valence-corrected chi connectivity index (χ3v) is 3.74. The summed E-state index contributed by atoms with van der Waals surface area (Å²) in [5.74, 6) is 0. The molecular weight excluding hydrogens is 270 g/mol. The van der Waals surface area contributed by atoms with Gasteiger partial charge in [-0.1, -0.05) is 17.7 Å². The van der Waals surface area contributed by atoms with Crippen LogP contribution in [0.3, 0.4) is 0 Å². The number of aryl methyl sites for hydroxylation is 1. The van der Waals surface area contributed by atoms with Crippen LogP contribution in [0.1, 0.15) is 16.7 Å². The van der Waals surface area contributed by atoms with E-state index in [1.54, 1.807) is 0 Å². The maximum atomic E-state index is 5.99. The van der Waals surface area contributed by atoms with Gasteiger partial charge in [-0.2, -0.15) is 0 Å². The molecule has 3 nitrogen and oxygen atoms in total. The van der Waals surface area contributed by atoms with Crippen LogP contribution in [0.4, 0.5) is 0 Å². The van der Waals surface area contributed by atoms with Gasteiger partial charge in [0.25, 0.3) is 0 Å². The van der Waals surface area contributed by atoms with Gasteiger partial charge in [-0.3, -0.25) is 4.98 Å². The first-order valence-electron chi connectivity index (χ1n) is 6.60. The quantitative estimate of drug-likeness (QED) is 0.765. The third kappa shape index (κ3) is 2.69. The summed E-state index contributed by atoms with van der Waals surface area (Å²) in [5, 5.41) is 5.43. The van der Waals surface area contributed by atoms with Crippen molar-refractivity contribution in [2.75, 3.05) is 0 Å². The maximum Gasteiger partial charge on any atom is 0.0472 e. The van der Waals surface area contributed by atoms with E-state index in [0.717, 1.165) is 23.6 Å². The molecule has 2 N–H and O–H groups in total. The number of nitrogens with zero attached hydrogens (tertiary/aromatic N) is 1. The second kappa shape index (κ2) is 5.65. The minimum atomic E-state index is 0.754. The van der Waals surface area contributed by atoms with Crippen molar-refractivity contribution in [2.24, 2.45) is 0 Å². The van der Waals surface area contributed by atoms with Crippen LogP contribution in [0.25, 0.3) is 10.9 Å². The van der Waals surface area contributed by atoms with Gasteiger partial charge < -0.3 is 10.3 Å². The standard InChI is InChI=1S/C16H16ClN3/c1-11-4-5-18-7-12(11)8-19-9-13-10-20-16-6-14(17)2-3-15(13)16/h2-7,10,19-20H,8-9H2,1H3. The Morgan fingerprint density at radius 3 is 2.90 bits per heavy atom. The van der Waals surface area contributed by atoms with E-state index in [1.165, 1.54) is 22.1 Å². The molecule has 2 heterocycles. The van der Waals surface area contributed by atoms with Crippen molar-refractivity contribution in [2.45, 2.75) is 20.0 Å². The Hall–Kier alpha value is -1.84. The number of nitrogens with one attached hydrogen (secondary N) is 2. The molecule has 4 heteroatoms. The van der Waals surface area contributed by atoms with Gasteiger partial charge in [0, 0.05) is 47.6 Å². The van der Waals surface area contributed by atoms with Gasteiger partial charge in [-0.05, 0) is 41.8 Å². The molecule has 0 bridgehead atoms. The van der Waals surface area contributed by atoms with E-state index in [1.807, 2.05) is 36.8 Å². The number of halogens is 1. The Balaban J connectivity index is 1.70. The van der Waals surface area contributed by atoms with Gasteiger partial charge in [0.2, 0.25) is 0 Å². The summed E-state index contributed by atoms with van der Waals surface area (Å²) in [6.07, 6.45) is 5.77.